The van der Waals surface area contributed by atoms with Gasteiger partial charge in [0, 0.05) is 64.1 Å². The predicted molar refractivity (Wildman–Crippen MR) is 118 cm³/mol. The zero-order valence-electron chi connectivity index (χ0n) is 18.8. The summed E-state index contributed by atoms with van der Waals surface area (Å²) in [6.45, 7) is 5.51. The Kier molecular flexibility index (Phi) is 6.09. The van der Waals surface area contributed by atoms with E-state index in [9.17, 15) is 9.59 Å². The second-order valence-corrected chi connectivity index (χ2v) is 10.2. The van der Waals surface area contributed by atoms with Gasteiger partial charge in [0.15, 0.2) is 0 Å². The number of aryl methyl sites for hydroxylation is 1. The lowest BCUT2D eigenvalue weighted by molar-refractivity contribution is -0.136. The number of piperidine rings is 1. The summed E-state index contributed by atoms with van der Waals surface area (Å²) in [5, 5.41) is 0. The minimum atomic E-state index is 0.176. The van der Waals surface area contributed by atoms with E-state index in [2.05, 4.69) is 9.80 Å². The van der Waals surface area contributed by atoms with E-state index >= 15 is 0 Å². The normalized spacial score (nSPS) is 26.9. The van der Waals surface area contributed by atoms with Gasteiger partial charge in [0.25, 0.3) is 0 Å². The van der Waals surface area contributed by atoms with Crippen molar-refractivity contribution in [2.24, 2.45) is 11.3 Å². The number of carbonyl (C=O) groups is 2. The van der Waals surface area contributed by atoms with Gasteiger partial charge in [-0.25, -0.2) is 0 Å². The first-order valence-corrected chi connectivity index (χ1v) is 12.5. The number of furan rings is 1. The summed E-state index contributed by atoms with van der Waals surface area (Å²) in [5.41, 5.74) is 0.176. The van der Waals surface area contributed by atoms with E-state index in [0.29, 0.717) is 18.7 Å². The Morgan fingerprint density at radius 3 is 2.39 bits per heavy atom. The minimum Gasteiger partial charge on any atom is -0.469 e. The van der Waals surface area contributed by atoms with Crippen LogP contribution < -0.4 is 0 Å². The third kappa shape index (κ3) is 4.55. The Labute approximate surface area is 185 Å². The van der Waals surface area contributed by atoms with Crippen molar-refractivity contribution in [2.75, 3.05) is 39.3 Å². The Bertz CT molecular complexity index is 755. The van der Waals surface area contributed by atoms with E-state index < -0.39 is 0 Å². The van der Waals surface area contributed by atoms with Gasteiger partial charge in [0.1, 0.15) is 5.76 Å². The first-order chi connectivity index (χ1) is 15.1. The Morgan fingerprint density at radius 1 is 0.968 bits per heavy atom. The van der Waals surface area contributed by atoms with Crippen molar-refractivity contribution in [2.45, 2.75) is 70.3 Å². The SMILES string of the molecule is O=C(CCc1ccco1)N1CCC2(CC1)CC2C(=O)N1CCN(C2CCCCC2)CC1. The topological polar surface area (TPSA) is 57.0 Å². The van der Waals surface area contributed by atoms with Gasteiger partial charge in [-0.2, -0.15) is 0 Å². The van der Waals surface area contributed by atoms with Crippen LogP contribution in [0.5, 0.6) is 0 Å². The molecule has 2 aliphatic carbocycles. The van der Waals surface area contributed by atoms with Crippen molar-refractivity contribution >= 4 is 11.8 Å². The molecule has 0 radical (unpaired) electrons. The van der Waals surface area contributed by atoms with Crippen LogP contribution in [0.3, 0.4) is 0 Å². The second kappa shape index (κ2) is 8.97. The number of likely N-dealkylation sites (tertiary alicyclic amines) is 1. The smallest absolute Gasteiger partial charge is 0.226 e. The van der Waals surface area contributed by atoms with E-state index in [1.54, 1.807) is 6.26 Å². The lowest BCUT2D eigenvalue weighted by Crippen LogP contribution is -2.53. The molecule has 0 aromatic carbocycles. The summed E-state index contributed by atoms with van der Waals surface area (Å²) >= 11 is 0. The number of carbonyl (C=O) groups excluding carboxylic acids is 2. The largest absolute Gasteiger partial charge is 0.469 e. The first kappa shape index (κ1) is 21.0. The van der Waals surface area contributed by atoms with Crippen LogP contribution in [0.1, 0.15) is 63.5 Å². The van der Waals surface area contributed by atoms with Crippen LogP contribution in [0, 0.1) is 11.3 Å². The van der Waals surface area contributed by atoms with Crippen molar-refractivity contribution < 1.29 is 14.0 Å². The summed E-state index contributed by atoms with van der Waals surface area (Å²) in [6.07, 6.45) is 12.7. The number of nitrogens with zero attached hydrogens (tertiary/aromatic N) is 3. The van der Waals surface area contributed by atoms with Gasteiger partial charge in [-0.05, 0) is 49.7 Å². The molecule has 170 valence electrons. The molecule has 31 heavy (non-hydrogen) atoms. The first-order valence-electron chi connectivity index (χ1n) is 12.5. The number of rotatable bonds is 5. The molecule has 1 aromatic rings. The average molecular weight is 428 g/mol. The highest BCUT2D eigenvalue weighted by Crippen LogP contribution is 2.60. The molecule has 5 rings (SSSR count). The number of piperazine rings is 1. The van der Waals surface area contributed by atoms with E-state index in [1.807, 2.05) is 17.0 Å². The summed E-state index contributed by atoms with van der Waals surface area (Å²) in [7, 11) is 0. The summed E-state index contributed by atoms with van der Waals surface area (Å²) in [5.74, 6) is 1.68. The maximum atomic E-state index is 13.2. The molecule has 1 atom stereocenters. The van der Waals surface area contributed by atoms with Gasteiger partial charge in [-0.1, -0.05) is 19.3 Å². The van der Waals surface area contributed by atoms with Gasteiger partial charge in [0.05, 0.1) is 6.26 Å². The fourth-order valence-electron chi connectivity index (χ4n) is 6.27. The van der Waals surface area contributed by atoms with Gasteiger partial charge in [-0.3, -0.25) is 14.5 Å². The highest BCUT2D eigenvalue weighted by Gasteiger charge is 2.59. The monoisotopic (exact) mass is 427 g/mol. The van der Waals surface area contributed by atoms with Crippen LogP contribution in [-0.4, -0.2) is 71.8 Å². The van der Waals surface area contributed by atoms with Crippen LogP contribution in [-0.2, 0) is 16.0 Å². The molecule has 1 unspecified atom stereocenters. The third-order valence-corrected chi connectivity index (χ3v) is 8.48. The van der Waals surface area contributed by atoms with Crippen LogP contribution >= 0.6 is 0 Å². The van der Waals surface area contributed by atoms with Crippen molar-refractivity contribution in [1.82, 2.24) is 14.7 Å². The second-order valence-electron chi connectivity index (χ2n) is 10.2. The number of hydrogen-bond acceptors (Lipinski definition) is 4. The molecule has 1 spiro atoms. The molecule has 2 aliphatic heterocycles. The molecule has 6 heteroatoms. The maximum absolute atomic E-state index is 13.2. The van der Waals surface area contributed by atoms with Crippen LogP contribution in [0.4, 0.5) is 0 Å². The number of hydrogen-bond donors (Lipinski definition) is 0. The van der Waals surface area contributed by atoms with E-state index in [4.69, 9.17) is 4.42 Å². The Hall–Kier alpha value is -1.82. The van der Waals surface area contributed by atoms with Crippen LogP contribution in [0.25, 0.3) is 0 Å². The molecule has 4 fully saturated rings. The van der Waals surface area contributed by atoms with Gasteiger partial charge < -0.3 is 14.2 Å². The lowest BCUT2D eigenvalue weighted by atomic mass is 9.90. The van der Waals surface area contributed by atoms with Crippen molar-refractivity contribution in [3.8, 4) is 0 Å². The molecular formula is C25H37N3O3. The molecule has 0 bridgehead atoms. The quantitative estimate of drug-likeness (QED) is 0.723. The summed E-state index contributed by atoms with van der Waals surface area (Å²) in [6, 6.07) is 4.55. The van der Waals surface area contributed by atoms with Crippen molar-refractivity contribution in [3.05, 3.63) is 24.2 Å². The molecule has 4 aliphatic rings. The highest BCUT2D eigenvalue weighted by molar-refractivity contribution is 5.83. The fourth-order valence-corrected chi connectivity index (χ4v) is 6.27. The third-order valence-electron chi connectivity index (χ3n) is 8.48. The zero-order valence-corrected chi connectivity index (χ0v) is 18.8. The Balaban J connectivity index is 1.05. The van der Waals surface area contributed by atoms with E-state index in [-0.39, 0.29) is 17.2 Å². The van der Waals surface area contributed by atoms with Crippen LogP contribution in [0.15, 0.2) is 22.8 Å². The van der Waals surface area contributed by atoms with Gasteiger partial charge >= 0.3 is 0 Å². The maximum Gasteiger partial charge on any atom is 0.226 e. The lowest BCUT2D eigenvalue weighted by Gasteiger charge is -2.41. The van der Waals surface area contributed by atoms with Crippen molar-refractivity contribution in [3.63, 3.8) is 0 Å². The predicted octanol–water partition coefficient (Wildman–Crippen LogP) is 3.32. The molecule has 2 amide bonds. The fraction of sp³-hybridized carbons (Fsp3) is 0.760. The average Bonchev–Trinajstić information content (AvgIpc) is 3.25. The molecule has 2 saturated heterocycles. The van der Waals surface area contributed by atoms with E-state index in [1.165, 1.54) is 32.1 Å². The zero-order chi connectivity index (χ0) is 21.3. The summed E-state index contributed by atoms with van der Waals surface area (Å²) < 4.78 is 5.34. The van der Waals surface area contributed by atoms with Gasteiger partial charge in [-0.15, -0.1) is 0 Å². The molecule has 1 aromatic heterocycles. The molecule has 6 nitrogen and oxygen atoms in total. The standard InChI is InChI=1S/C25H37N3O3/c29-23(9-8-21-7-4-18-31-21)27-12-10-25(11-13-27)19-22(25)24(30)28-16-14-26(15-17-28)20-5-2-1-3-6-20/h4,7,18,20,22H,1-3,5-6,8-17,19H2. The van der Waals surface area contributed by atoms with Crippen LogP contribution in [0.2, 0.25) is 0 Å². The molecule has 3 heterocycles. The minimum absolute atomic E-state index is 0.176. The Morgan fingerprint density at radius 2 is 1.71 bits per heavy atom. The molecular weight excluding hydrogens is 390 g/mol. The molecule has 0 N–H and O–H groups in total. The number of amides is 2. The highest BCUT2D eigenvalue weighted by atomic mass is 16.3. The van der Waals surface area contributed by atoms with E-state index in [0.717, 1.165) is 70.3 Å². The van der Waals surface area contributed by atoms with Crippen molar-refractivity contribution in [1.29, 1.82) is 0 Å². The summed E-state index contributed by atoms with van der Waals surface area (Å²) in [4.78, 5) is 32.5. The molecule has 2 saturated carbocycles. The van der Waals surface area contributed by atoms with Gasteiger partial charge in [0.2, 0.25) is 11.8 Å².